The van der Waals surface area contributed by atoms with E-state index in [0.29, 0.717) is 11.5 Å². The van der Waals surface area contributed by atoms with Crippen LogP contribution in [0.1, 0.15) is 16.1 Å². The monoisotopic (exact) mass is 396 g/mol. The molecule has 0 fully saturated rings. The highest BCUT2D eigenvalue weighted by molar-refractivity contribution is 6.13. The second-order valence-corrected chi connectivity index (χ2v) is 7.31. The predicted molar refractivity (Wildman–Crippen MR) is 117 cm³/mol. The molecular weight excluding hydrogens is 376 g/mol. The van der Waals surface area contributed by atoms with Gasteiger partial charge in [0, 0.05) is 31.2 Å². The standard InChI is InChI=1S/C23H20N6O/c1-14-17(13-28(2)27-14)20-12-16(15-8-4-5-9-18(15)24-20)22(30)26-23-25-19-10-6-7-11-21(19)29(23)3/h4-13H,1-3H3,(H,25,26,30). The minimum atomic E-state index is -0.227. The Hall–Kier alpha value is -4.00. The maximum Gasteiger partial charge on any atom is 0.258 e. The van der Waals surface area contributed by atoms with Gasteiger partial charge in [-0.25, -0.2) is 9.97 Å². The number of rotatable bonds is 3. The quantitative estimate of drug-likeness (QED) is 0.498. The lowest BCUT2D eigenvalue weighted by atomic mass is 10.0. The van der Waals surface area contributed by atoms with Crippen molar-refractivity contribution in [2.24, 2.45) is 14.1 Å². The normalized spacial score (nSPS) is 11.3. The lowest BCUT2D eigenvalue weighted by Gasteiger charge is -2.10. The Kier molecular flexibility index (Phi) is 4.10. The molecule has 3 aromatic heterocycles. The molecule has 7 heteroatoms. The van der Waals surface area contributed by atoms with Gasteiger partial charge in [-0.1, -0.05) is 30.3 Å². The highest BCUT2D eigenvalue weighted by Crippen LogP contribution is 2.27. The summed E-state index contributed by atoms with van der Waals surface area (Å²) in [6.45, 7) is 1.94. The van der Waals surface area contributed by atoms with E-state index in [-0.39, 0.29) is 5.91 Å². The maximum atomic E-state index is 13.3. The topological polar surface area (TPSA) is 77.6 Å². The van der Waals surface area contributed by atoms with E-state index in [0.717, 1.165) is 38.9 Å². The van der Waals surface area contributed by atoms with Gasteiger partial charge in [0.15, 0.2) is 0 Å². The van der Waals surface area contributed by atoms with Crippen molar-refractivity contribution in [2.75, 3.05) is 5.32 Å². The molecule has 5 aromatic rings. The number of imidazole rings is 1. The first kappa shape index (κ1) is 18.1. The summed E-state index contributed by atoms with van der Waals surface area (Å²) in [6, 6.07) is 17.3. The van der Waals surface area contributed by atoms with Crippen LogP contribution in [0.15, 0.2) is 60.8 Å². The van der Waals surface area contributed by atoms with Crippen molar-refractivity contribution in [3.63, 3.8) is 0 Å². The molecule has 0 aliphatic carbocycles. The molecule has 7 nitrogen and oxygen atoms in total. The fraction of sp³-hybridized carbons (Fsp3) is 0.130. The van der Waals surface area contributed by atoms with E-state index in [2.05, 4.69) is 15.4 Å². The summed E-state index contributed by atoms with van der Waals surface area (Å²) >= 11 is 0. The fourth-order valence-electron chi connectivity index (χ4n) is 3.78. The number of pyridine rings is 1. The average Bonchev–Trinajstić information content (AvgIpc) is 3.25. The molecule has 0 aliphatic rings. The van der Waals surface area contributed by atoms with Crippen molar-refractivity contribution in [3.05, 3.63) is 72.1 Å². The van der Waals surface area contributed by atoms with Crippen LogP contribution >= 0.6 is 0 Å². The Labute approximate surface area is 173 Å². The van der Waals surface area contributed by atoms with Gasteiger partial charge in [0.25, 0.3) is 5.91 Å². The average molecular weight is 396 g/mol. The minimum absolute atomic E-state index is 0.227. The number of carbonyl (C=O) groups is 1. The van der Waals surface area contributed by atoms with Crippen molar-refractivity contribution in [1.29, 1.82) is 0 Å². The molecule has 0 unspecified atom stereocenters. The zero-order valence-corrected chi connectivity index (χ0v) is 16.9. The number of nitrogens with zero attached hydrogens (tertiary/aromatic N) is 5. The van der Waals surface area contributed by atoms with Crippen LogP contribution in [0.4, 0.5) is 5.95 Å². The van der Waals surface area contributed by atoms with Crippen LogP contribution in [0.25, 0.3) is 33.2 Å². The Morgan fingerprint density at radius 3 is 2.43 bits per heavy atom. The number of aromatic nitrogens is 5. The highest BCUT2D eigenvalue weighted by Gasteiger charge is 2.18. The number of hydrogen-bond acceptors (Lipinski definition) is 4. The van der Waals surface area contributed by atoms with Crippen LogP contribution in [0, 0.1) is 6.92 Å². The molecule has 3 heterocycles. The number of carbonyl (C=O) groups excluding carboxylic acids is 1. The molecule has 1 amide bonds. The number of nitrogens with one attached hydrogen (secondary N) is 1. The third kappa shape index (κ3) is 2.91. The van der Waals surface area contributed by atoms with Crippen LogP contribution in [-0.2, 0) is 14.1 Å². The van der Waals surface area contributed by atoms with Gasteiger partial charge < -0.3 is 4.57 Å². The zero-order chi connectivity index (χ0) is 20.8. The van der Waals surface area contributed by atoms with E-state index in [4.69, 9.17) is 4.98 Å². The van der Waals surface area contributed by atoms with Gasteiger partial charge in [0.2, 0.25) is 5.95 Å². The second-order valence-electron chi connectivity index (χ2n) is 7.31. The molecule has 0 saturated heterocycles. The van der Waals surface area contributed by atoms with Crippen LogP contribution in [0.2, 0.25) is 0 Å². The summed E-state index contributed by atoms with van der Waals surface area (Å²) in [5.41, 5.74) is 5.58. The summed E-state index contributed by atoms with van der Waals surface area (Å²) in [5.74, 6) is 0.274. The molecule has 0 saturated carbocycles. The Morgan fingerprint density at radius 2 is 1.70 bits per heavy atom. The fourth-order valence-corrected chi connectivity index (χ4v) is 3.78. The molecule has 1 N–H and O–H groups in total. The minimum Gasteiger partial charge on any atom is -0.313 e. The highest BCUT2D eigenvalue weighted by atomic mass is 16.1. The first-order chi connectivity index (χ1) is 14.5. The van der Waals surface area contributed by atoms with Gasteiger partial charge in [-0.05, 0) is 31.2 Å². The molecule has 0 aliphatic heterocycles. The molecule has 2 aromatic carbocycles. The van der Waals surface area contributed by atoms with E-state index in [1.807, 2.05) is 86.4 Å². The van der Waals surface area contributed by atoms with Gasteiger partial charge >= 0.3 is 0 Å². The summed E-state index contributed by atoms with van der Waals surface area (Å²) in [4.78, 5) is 22.6. The first-order valence-corrected chi connectivity index (χ1v) is 9.64. The Balaban J connectivity index is 1.62. The molecule has 0 radical (unpaired) electrons. The maximum absolute atomic E-state index is 13.3. The van der Waals surface area contributed by atoms with E-state index < -0.39 is 0 Å². The second kappa shape index (κ2) is 6.81. The SMILES string of the molecule is Cc1nn(C)cc1-c1cc(C(=O)Nc2nc3ccccc3n2C)c2ccccc2n1. The van der Waals surface area contributed by atoms with E-state index in [9.17, 15) is 4.79 Å². The van der Waals surface area contributed by atoms with Gasteiger partial charge in [-0.2, -0.15) is 5.10 Å². The molecule has 0 atom stereocenters. The van der Waals surface area contributed by atoms with Crippen LogP contribution in [0.5, 0.6) is 0 Å². The van der Waals surface area contributed by atoms with Crippen molar-refractivity contribution in [2.45, 2.75) is 6.92 Å². The molecule has 148 valence electrons. The lowest BCUT2D eigenvalue weighted by molar-refractivity contribution is 0.102. The lowest BCUT2D eigenvalue weighted by Crippen LogP contribution is -2.16. The number of fused-ring (bicyclic) bond motifs is 2. The molecule has 0 bridgehead atoms. The number of anilines is 1. The van der Waals surface area contributed by atoms with Crippen molar-refractivity contribution in [3.8, 4) is 11.3 Å². The largest absolute Gasteiger partial charge is 0.313 e. The summed E-state index contributed by atoms with van der Waals surface area (Å²) in [5, 5.41) is 8.17. The Morgan fingerprint density at radius 1 is 0.967 bits per heavy atom. The van der Waals surface area contributed by atoms with Crippen LogP contribution in [-0.4, -0.2) is 30.2 Å². The number of aryl methyl sites for hydroxylation is 3. The Bertz CT molecular complexity index is 1430. The van der Waals surface area contributed by atoms with E-state index >= 15 is 0 Å². The van der Waals surface area contributed by atoms with Crippen molar-refractivity contribution >= 4 is 33.8 Å². The van der Waals surface area contributed by atoms with E-state index in [1.54, 1.807) is 4.68 Å². The molecule has 30 heavy (non-hydrogen) atoms. The number of benzene rings is 2. The number of hydrogen-bond donors (Lipinski definition) is 1. The van der Waals surface area contributed by atoms with Crippen molar-refractivity contribution in [1.82, 2.24) is 24.3 Å². The molecule has 5 rings (SSSR count). The van der Waals surface area contributed by atoms with Gasteiger partial charge in [0.05, 0.1) is 33.5 Å². The summed E-state index contributed by atoms with van der Waals surface area (Å²) in [6.07, 6.45) is 1.92. The number of para-hydroxylation sites is 3. The van der Waals surface area contributed by atoms with Gasteiger partial charge in [-0.3, -0.25) is 14.8 Å². The summed E-state index contributed by atoms with van der Waals surface area (Å²) in [7, 11) is 3.76. The van der Waals surface area contributed by atoms with Gasteiger partial charge in [-0.15, -0.1) is 0 Å². The molecule has 0 spiro atoms. The van der Waals surface area contributed by atoms with Crippen molar-refractivity contribution < 1.29 is 4.79 Å². The first-order valence-electron chi connectivity index (χ1n) is 9.64. The van der Waals surface area contributed by atoms with Gasteiger partial charge in [0.1, 0.15) is 0 Å². The van der Waals surface area contributed by atoms with Crippen LogP contribution in [0.3, 0.4) is 0 Å². The smallest absolute Gasteiger partial charge is 0.258 e. The third-order valence-corrected chi connectivity index (χ3v) is 5.26. The van der Waals surface area contributed by atoms with E-state index in [1.165, 1.54) is 0 Å². The predicted octanol–water partition coefficient (Wildman–Crippen LogP) is 4.08. The zero-order valence-electron chi connectivity index (χ0n) is 16.9. The number of amides is 1. The summed E-state index contributed by atoms with van der Waals surface area (Å²) < 4.78 is 3.63. The van der Waals surface area contributed by atoms with Crippen LogP contribution < -0.4 is 5.32 Å². The third-order valence-electron chi connectivity index (χ3n) is 5.26. The molecular formula is C23H20N6O.